The molecule has 1 unspecified atom stereocenters. The monoisotopic (exact) mass is 559 g/mol. The third-order valence-corrected chi connectivity index (χ3v) is 6.16. The molecule has 0 aliphatic carbocycles. The second kappa shape index (κ2) is 12.0. The van der Waals surface area contributed by atoms with Crippen LogP contribution in [0.1, 0.15) is 11.5 Å². The summed E-state index contributed by atoms with van der Waals surface area (Å²) in [6.07, 6.45) is 0. The van der Waals surface area contributed by atoms with E-state index in [1.54, 1.807) is 30.3 Å². The van der Waals surface area contributed by atoms with Crippen molar-refractivity contribution in [3.63, 3.8) is 0 Å². The smallest absolute Gasteiger partial charge is 0.355 e. The second-order valence-corrected chi connectivity index (χ2v) is 8.59. The highest BCUT2D eigenvalue weighted by molar-refractivity contribution is 6.06. The van der Waals surface area contributed by atoms with Gasteiger partial charge >= 0.3 is 18.0 Å². The molecule has 12 heteroatoms. The zero-order chi connectivity index (χ0) is 29.7. The van der Waals surface area contributed by atoms with Crippen molar-refractivity contribution in [3.05, 3.63) is 113 Å². The van der Waals surface area contributed by atoms with Gasteiger partial charge in [0.25, 0.3) is 0 Å². The van der Waals surface area contributed by atoms with Crippen LogP contribution in [0.15, 0.2) is 95.5 Å². The van der Waals surface area contributed by atoms with E-state index in [1.165, 1.54) is 24.3 Å². The molecular formula is C29H23F2N5O5. The lowest BCUT2D eigenvalue weighted by atomic mass is 9.81. The van der Waals surface area contributed by atoms with E-state index in [1.807, 2.05) is 6.07 Å². The normalized spacial score (nSPS) is 14.7. The summed E-state index contributed by atoms with van der Waals surface area (Å²) in [6.45, 7) is 0. The molecule has 3 aromatic carbocycles. The van der Waals surface area contributed by atoms with Crippen LogP contribution in [0.5, 0.6) is 0 Å². The van der Waals surface area contributed by atoms with Crippen LogP contribution < -0.4 is 21.3 Å². The molecule has 0 radical (unpaired) electrons. The number of allylic oxidation sites excluding steroid dienone is 1. The Morgan fingerprint density at radius 1 is 0.902 bits per heavy atom. The van der Waals surface area contributed by atoms with Crippen LogP contribution in [-0.2, 0) is 19.1 Å². The van der Waals surface area contributed by atoms with Gasteiger partial charge in [0.2, 0.25) is 0 Å². The van der Waals surface area contributed by atoms with Gasteiger partial charge in [-0.1, -0.05) is 30.3 Å². The standard InChI is InChI=1S/C29H23F2N5O5/c1-40-27(37)24-23(16-6-4-3-5-7-16)20(15-32)26(33)36(25(24)28(38)41-2)22-13-12-19(14-21(22)31)35-29(39)34-18-10-8-17(30)9-11-18/h3-14,23H,33H2,1-2H3,(H2,34,35,39). The number of ether oxygens (including phenoxy) is 2. The Balaban J connectivity index is 1.79. The molecule has 0 bridgehead atoms. The number of esters is 2. The maximum Gasteiger partial charge on any atom is 0.355 e. The van der Waals surface area contributed by atoms with Gasteiger partial charge in [-0.15, -0.1) is 0 Å². The lowest BCUT2D eigenvalue weighted by molar-refractivity contribution is -0.139. The summed E-state index contributed by atoms with van der Waals surface area (Å²) >= 11 is 0. The van der Waals surface area contributed by atoms with Crippen LogP contribution in [0, 0.1) is 23.0 Å². The summed E-state index contributed by atoms with van der Waals surface area (Å²) in [7, 11) is 2.17. The van der Waals surface area contributed by atoms with E-state index in [9.17, 15) is 24.0 Å². The van der Waals surface area contributed by atoms with E-state index in [2.05, 4.69) is 10.6 Å². The number of nitriles is 1. The Bertz CT molecular complexity index is 1610. The van der Waals surface area contributed by atoms with E-state index in [-0.39, 0.29) is 28.3 Å². The average Bonchev–Trinajstić information content (AvgIpc) is 2.97. The lowest BCUT2D eigenvalue weighted by Crippen LogP contribution is -2.41. The van der Waals surface area contributed by atoms with Crippen molar-refractivity contribution < 1.29 is 32.6 Å². The fourth-order valence-corrected chi connectivity index (χ4v) is 4.36. The molecule has 0 aromatic heterocycles. The van der Waals surface area contributed by atoms with Crippen molar-refractivity contribution in [2.45, 2.75) is 5.92 Å². The van der Waals surface area contributed by atoms with Gasteiger partial charge in [0.15, 0.2) is 0 Å². The predicted octanol–water partition coefficient (Wildman–Crippen LogP) is 4.51. The number of hydrogen-bond acceptors (Lipinski definition) is 8. The molecule has 1 atom stereocenters. The second-order valence-electron chi connectivity index (χ2n) is 8.59. The highest BCUT2D eigenvalue weighted by Crippen LogP contribution is 2.43. The number of urea groups is 1. The Morgan fingerprint density at radius 2 is 1.51 bits per heavy atom. The molecule has 3 aromatic rings. The number of nitrogens with two attached hydrogens (primary N) is 1. The van der Waals surface area contributed by atoms with Crippen LogP contribution in [0.2, 0.25) is 0 Å². The zero-order valence-electron chi connectivity index (χ0n) is 21.8. The SMILES string of the molecule is COC(=O)C1=C(C(=O)OC)N(c2ccc(NC(=O)Nc3ccc(F)cc3)cc2F)C(N)=C(C#N)C1c1ccccc1. The summed E-state index contributed by atoms with van der Waals surface area (Å²) < 4.78 is 38.6. The number of anilines is 3. The molecule has 1 heterocycles. The van der Waals surface area contributed by atoms with Gasteiger partial charge in [-0.25, -0.2) is 23.2 Å². The van der Waals surface area contributed by atoms with E-state index in [4.69, 9.17) is 15.2 Å². The highest BCUT2D eigenvalue weighted by Gasteiger charge is 2.43. The minimum absolute atomic E-state index is 0.0184. The summed E-state index contributed by atoms with van der Waals surface area (Å²) in [5.41, 5.74) is 5.98. The van der Waals surface area contributed by atoms with E-state index in [0.717, 1.165) is 37.3 Å². The number of carbonyl (C=O) groups excluding carboxylic acids is 3. The molecule has 0 spiro atoms. The topological polar surface area (TPSA) is 147 Å². The maximum absolute atomic E-state index is 15.6. The molecule has 2 amide bonds. The Kier molecular flexibility index (Phi) is 8.29. The van der Waals surface area contributed by atoms with Crippen LogP contribution in [0.4, 0.5) is 30.6 Å². The highest BCUT2D eigenvalue weighted by atomic mass is 19.1. The molecule has 1 aliphatic heterocycles. The third-order valence-electron chi connectivity index (χ3n) is 6.16. The van der Waals surface area contributed by atoms with E-state index < -0.39 is 41.2 Å². The largest absolute Gasteiger partial charge is 0.466 e. The Hall–Kier alpha value is -5.70. The van der Waals surface area contributed by atoms with Crippen LogP contribution in [0.25, 0.3) is 0 Å². The molecule has 0 saturated heterocycles. The van der Waals surface area contributed by atoms with Gasteiger partial charge in [-0.2, -0.15) is 5.26 Å². The third kappa shape index (κ3) is 5.69. The molecule has 4 N–H and O–H groups in total. The molecular weight excluding hydrogens is 536 g/mol. The molecule has 208 valence electrons. The first kappa shape index (κ1) is 28.3. The quantitative estimate of drug-likeness (QED) is 0.374. The first-order chi connectivity index (χ1) is 19.7. The Labute approximate surface area is 233 Å². The lowest BCUT2D eigenvalue weighted by Gasteiger charge is -2.36. The van der Waals surface area contributed by atoms with Crippen LogP contribution >= 0.6 is 0 Å². The molecule has 4 rings (SSSR count). The van der Waals surface area contributed by atoms with Gasteiger partial charge in [-0.05, 0) is 48.0 Å². The molecule has 1 aliphatic rings. The van der Waals surface area contributed by atoms with Crippen molar-refractivity contribution in [2.24, 2.45) is 5.73 Å². The average molecular weight is 560 g/mol. The molecule has 0 fully saturated rings. The number of nitrogens with zero attached hydrogens (tertiary/aromatic N) is 2. The summed E-state index contributed by atoms with van der Waals surface area (Å²) in [5.74, 6) is -4.87. The van der Waals surface area contributed by atoms with E-state index in [0.29, 0.717) is 11.3 Å². The van der Waals surface area contributed by atoms with Gasteiger partial charge in [0.05, 0.1) is 43.0 Å². The van der Waals surface area contributed by atoms with E-state index >= 15 is 4.39 Å². The fraction of sp³-hybridized carbons (Fsp3) is 0.103. The van der Waals surface area contributed by atoms with Crippen LogP contribution in [0.3, 0.4) is 0 Å². The van der Waals surface area contributed by atoms with Crippen molar-refractivity contribution in [3.8, 4) is 6.07 Å². The first-order valence-corrected chi connectivity index (χ1v) is 12.0. The number of benzene rings is 3. The van der Waals surface area contributed by atoms with Gasteiger partial charge in [0, 0.05) is 11.4 Å². The predicted molar refractivity (Wildman–Crippen MR) is 145 cm³/mol. The maximum atomic E-state index is 15.6. The minimum atomic E-state index is -1.11. The van der Waals surface area contributed by atoms with Crippen molar-refractivity contribution in [2.75, 3.05) is 29.8 Å². The van der Waals surface area contributed by atoms with Crippen LogP contribution in [-0.4, -0.2) is 32.2 Å². The van der Waals surface area contributed by atoms with Gasteiger partial charge < -0.3 is 25.8 Å². The van der Waals surface area contributed by atoms with Gasteiger partial charge in [0.1, 0.15) is 23.2 Å². The minimum Gasteiger partial charge on any atom is -0.466 e. The number of halogens is 2. The fourth-order valence-electron chi connectivity index (χ4n) is 4.36. The number of methoxy groups -OCH3 is 2. The van der Waals surface area contributed by atoms with Crippen molar-refractivity contribution in [1.29, 1.82) is 5.26 Å². The summed E-state index contributed by atoms with van der Waals surface area (Å²) in [6, 6.07) is 18.1. The summed E-state index contributed by atoms with van der Waals surface area (Å²) in [4.78, 5) is 39.5. The summed E-state index contributed by atoms with van der Waals surface area (Å²) in [5, 5.41) is 15.0. The molecule has 10 nitrogen and oxygen atoms in total. The molecule has 0 saturated carbocycles. The Morgan fingerprint density at radius 3 is 2.10 bits per heavy atom. The number of amides is 2. The molecule has 41 heavy (non-hydrogen) atoms. The number of carbonyl (C=O) groups is 3. The van der Waals surface area contributed by atoms with Crippen molar-refractivity contribution in [1.82, 2.24) is 0 Å². The van der Waals surface area contributed by atoms with Crippen molar-refractivity contribution >= 4 is 35.0 Å². The first-order valence-electron chi connectivity index (χ1n) is 12.0. The number of rotatable bonds is 6. The number of nitrogens with one attached hydrogen (secondary N) is 2. The zero-order valence-corrected chi connectivity index (χ0v) is 21.8. The van der Waals surface area contributed by atoms with Gasteiger partial charge in [-0.3, -0.25) is 4.90 Å². The number of hydrogen-bond donors (Lipinski definition) is 3.